The van der Waals surface area contributed by atoms with E-state index in [0.717, 1.165) is 37.9 Å². The Hall–Kier alpha value is -1.14. The summed E-state index contributed by atoms with van der Waals surface area (Å²) < 4.78 is 0. The molecule has 1 aromatic rings. The van der Waals surface area contributed by atoms with E-state index >= 15 is 0 Å². The largest absolute Gasteiger partial charge is 0.393 e. The number of carbonyl (C=O) groups excluding carboxylic acids is 1. The molecule has 2 atom stereocenters. The number of halogens is 1. The fourth-order valence-corrected chi connectivity index (χ4v) is 4.12. The van der Waals surface area contributed by atoms with Crippen LogP contribution in [0.3, 0.4) is 0 Å². The molecule has 2 fully saturated rings. The topological polar surface area (TPSA) is 64.0 Å². The first-order valence-corrected chi connectivity index (χ1v) is 9.53. The van der Waals surface area contributed by atoms with Gasteiger partial charge >= 0.3 is 0 Å². The molecule has 0 saturated carbocycles. The maximum atomic E-state index is 12.5. The van der Waals surface area contributed by atoms with Crippen molar-refractivity contribution in [1.82, 2.24) is 9.80 Å². The first kappa shape index (κ1) is 18.6. The van der Waals surface area contributed by atoms with Crippen LogP contribution in [0.15, 0.2) is 24.3 Å². The van der Waals surface area contributed by atoms with Gasteiger partial charge in [-0.25, -0.2) is 0 Å². The van der Waals surface area contributed by atoms with E-state index in [9.17, 15) is 15.0 Å². The predicted molar refractivity (Wildman–Crippen MR) is 97.6 cm³/mol. The van der Waals surface area contributed by atoms with Crippen LogP contribution in [-0.4, -0.2) is 70.3 Å². The highest BCUT2D eigenvalue weighted by atomic mass is 35.5. The van der Waals surface area contributed by atoms with Gasteiger partial charge in [0.05, 0.1) is 12.2 Å². The van der Waals surface area contributed by atoms with Crippen LogP contribution in [0, 0.1) is 0 Å². The van der Waals surface area contributed by atoms with Crippen LogP contribution in [0.2, 0.25) is 5.02 Å². The molecule has 0 unspecified atom stereocenters. The smallest absolute Gasteiger partial charge is 0.222 e. The first-order valence-electron chi connectivity index (χ1n) is 9.16. The molecule has 5 nitrogen and oxygen atoms in total. The summed E-state index contributed by atoms with van der Waals surface area (Å²) in [5.74, 6) is 0.0755. The summed E-state index contributed by atoms with van der Waals surface area (Å²) in [4.78, 5) is 16.5. The molecule has 2 aliphatic heterocycles. The van der Waals surface area contributed by atoms with Gasteiger partial charge in [-0.2, -0.15) is 0 Å². The number of aryl methyl sites for hydroxylation is 1. The van der Waals surface area contributed by atoms with Crippen LogP contribution >= 0.6 is 11.6 Å². The van der Waals surface area contributed by atoms with Crippen LogP contribution in [0.4, 0.5) is 0 Å². The predicted octanol–water partition coefficient (Wildman–Crippen LogP) is 1.69. The Balaban J connectivity index is 1.48. The highest BCUT2D eigenvalue weighted by Crippen LogP contribution is 2.23. The van der Waals surface area contributed by atoms with Gasteiger partial charge in [-0.3, -0.25) is 9.69 Å². The van der Waals surface area contributed by atoms with Gasteiger partial charge in [-0.15, -0.1) is 0 Å². The van der Waals surface area contributed by atoms with Crippen LogP contribution in [0.1, 0.15) is 31.2 Å². The summed E-state index contributed by atoms with van der Waals surface area (Å²) in [6, 6.07) is 7.69. The summed E-state index contributed by atoms with van der Waals surface area (Å²) >= 11 is 6.14. The van der Waals surface area contributed by atoms with Gasteiger partial charge in [0.1, 0.15) is 0 Å². The Morgan fingerprint density at radius 1 is 1.12 bits per heavy atom. The average Bonchev–Trinajstić information content (AvgIpc) is 2.61. The average molecular weight is 367 g/mol. The number of carbonyl (C=O) groups is 1. The van der Waals surface area contributed by atoms with Crippen molar-refractivity contribution in [2.24, 2.45) is 0 Å². The Labute approximate surface area is 154 Å². The second-order valence-corrected chi connectivity index (χ2v) is 7.53. The Morgan fingerprint density at radius 3 is 2.52 bits per heavy atom. The van der Waals surface area contributed by atoms with Gasteiger partial charge in [0, 0.05) is 43.7 Å². The van der Waals surface area contributed by atoms with Gasteiger partial charge in [-0.05, 0) is 37.3 Å². The zero-order valence-corrected chi connectivity index (χ0v) is 15.2. The molecule has 2 heterocycles. The van der Waals surface area contributed by atoms with E-state index in [0.29, 0.717) is 31.0 Å². The van der Waals surface area contributed by atoms with E-state index in [4.69, 9.17) is 11.6 Å². The Morgan fingerprint density at radius 2 is 1.84 bits per heavy atom. The van der Waals surface area contributed by atoms with E-state index in [1.54, 1.807) is 4.90 Å². The lowest BCUT2D eigenvalue weighted by atomic mass is 9.96. The molecule has 0 spiro atoms. The third-order valence-electron chi connectivity index (χ3n) is 5.43. The number of aliphatic hydroxyl groups is 2. The number of hydrogen-bond donors (Lipinski definition) is 2. The molecular formula is C19H27ClN2O3. The lowest BCUT2D eigenvalue weighted by Crippen LogP contribution is -2.57. The van der Waals surface area contributed by atoms with Gasteiger partial charge in [-0.1, -0.05) is 29.8 Å². The molecule has 3 rings (SSSR count). The number of aliphatic hydroxyl groups excluding tert-OH is 2. The third kappa shape index (κ3) is 4.73. The molecule has 0 aromatic heterocycles. The maximum Gasteiger partial charge on any atom is 0.222 e. The Bertz CT molecular complexity index is 590. The summed E-state index contributed by atoms with van der Waals surface area (Å²) in [7, 11) is 0. The van der Waals surface area contributed by atoms with E-state index < -0.39 is 6.10 Å². The molecular weight excluding hydrogens is 340 g/mol. The molecule has 2 N–H and O–H groups in total. The fraction of sp³-hybridized carbons (Fsp3) is 0.632. The number of β-amino-alcohol motifs (C(OH)–C–C–N with tert-alkyl or cyclic N) is 1. The molecule has 2 aliphatic rings. The van der Waals surface area contributed by atoms with E-state index in [1.807, 2.05) is 24.3 Å². The molecule has 138 valence electrons. The SMILES string of the molecule is O=C(CCc1ccccc1Cl)N1CC[C@@H](N2CCC(O)CC2)[C@H](O)C1. The van der Waals surface area contributed by atoms with Gasteiger partial charge in [0.15, 0.2) is 0 Å². The van der Waals surface area contributed by atoms with Gasteiger partial charge in [0.2, 0.25) is 5.91 Å². The zero-order valence-electron chi connectivity index (χ0n) is 14.5. The third-order valence-corrected chi connectivity index (χ3v) is 5.80. The minimum atomic E-state index is -0.520. The zero-order chi connectivity index (χ0) is 17.8. The number of hydrogen-bond acceptors (Lipinski definition) is 4. The highest BCUT2D eigenvalue weighted by Gasteiger charge is 2.35. The summed E-state index contributed by atoms with van der Waals surface area (Å²) in [5.41, 5.74) is 0.986. The first-order chi connectivity index (χ1) is 12.0. The van der Waals surface area contributed by atoms with Crippen molar-refractivity contribution >= 4 is 17.5 Å². The minimum Gasteiger partial charge on any atom is -0.393 e. The van der Waals surface area contributed by atoms with Crippen LogP contribution in [-0.2, 0) is 11.2 Å². The normalized spacial score (nSPS) is 26.0. The molecule has 1 amide bonds. The number of rotatable bonds is 4. The summed E-state index contributed by atoms with van der Waals surface area (Å²) in [5, 5.41) is 20.8. The second kappa shape index (κ2) is 8.49. The van der Waals surface area contributed by atoms with Gasteiger partial charge in [0.25, 0.3) is 0 Å². The number of benzene rings is 1. The van der Waals surface area contributed by atoms with Crippen molar-refractivity contribution in [1.29, 1.82) is 0 Å². The maximum absolute atomic E-state index is 12.5. The van der Waals surface area contributed by atoms with E-state index in [2.05, 4.69) is 4.90 Å². The lowest BCUT2D eigenvalue weighted by molar-refractivity contribution is -0.136. The monoisotopic (exact) mass is 366 g/mol. The molecule has 6 heteroatoms. The standard InChI is InChI=1S/C19H27ClN2O3/c20-16-4-2-1-3-14(16)5-6-19(25)22-12-9-17(18(24)13-22)21-10-7-15(23)8-11-21/h1-4,15,17-18,23-24H,5-13H2/t17-,18-/m1/s1. The number of likely N-dealkylation sites (tertiary alicyclic amines) is 2. The molecule has 0 aliphatic carbocycles. The molecule has 1 aromatic carbocycles. The highest BCUT2D eigenvalue weighted by molar-refractivity contribution is 6.31. The molecule has 0 bridgehead atoms. The number of piperidine rings is 2. The fourth-order valence-electron chi connectivity index (χ4n) is 3.89. The minimum absolute atomic E-state index is 0.0755. The van der Waals surface area contributed by atoms with E-state index in [-0.39, 0.29) is 18.1 Å². The van der Waals surface area contributed by atoms with Crippen molar-refractivity contribution in [2.75, 3.05) is 26.2 Å². The van der Waals surface area contributed by atoms with Crippen molar-refractivity contribution in [3.8, 4) is 0 Å². The summed E-state index contributed by atoms with van der Waals surface area (Å²) in [6.45, 7) is 2.72. The molecule has 25 heavy (non-hydrogen) atoms. The van der Waals surface area contributed by atoms with Crippen molar-refractivity contribution in [3.63, 3.8) is 0 Å². The summed E-state index contributed by atoms with van der Waals surface area (Å²) in [6.07, 6.45) is 2.63. The van der Waals surface area contributed by atoms with Crippen LogP contribution in [0.5, 0.6) is 0 Å². The van der Waals surface area contributed by atoms with Crippen LogP contribution in [0.25, 0.3) is 0 Å². The van der Waals surface area contributed by atoms with Crippen molar-refractivity contribution in [3.05, 3.63) is 34.9 Å². The Kier molecular flexibility index (Phi) is 6.34. The van der Waals surface area contributed by atoms with Crippen molar-refractivity contribution < 1.29 is 15.0 Å². The number of amides is 1. The molecule has 2 saturated heterocycles. The second-order valence-electron chi connectivity index (χ2n) is 7.12. The quantitative estimate of drug-likeness (QED) is 0.851. The number of nitrogens with zero attached hydrogens (tertiary/aromatic N) is 2. The lowest BCUT2D eigenvalue weighted by Gasteiger charge is -2.43. The molecule has 0 radical (unpaired) electrons. The van der Waals surface area contributed by atoms with E-state index in [1.165, 1.54) is 0 Å². The van der Waals surface area contributed by atoms with Crippen molar-refractivity contribution in [2.45, 2.75) is 50.4 Å². The van der Waals surface area contributed by atoms with Crippen LogP contribution < -0.4 is 0 Å². The van der Waals surface area contributed by atoms with Gasteiger partial charge < -0.3 is 15.1 Å².